The minimum atomic E-state index is -0.518. The molecule has 0 spiro atoms. The van der Waals surface area contributed by atoms with Gasteiger partial charge in [-0.2, -0.15) is 0 Å². The molecule has 78 valence electrons. The lowest BCUT2D eigenvalue weighted by atomic mass is 9.83. The highest BCUT2D eigenvalue weighted by Gasteiger charge is 2.34. The third kappa shape index (κ3) is 1.72. The third-order valence-corrected chi connectivity index (χ3v) is 3.03. The third-order valence-electron chi connectivity index (χ3n) is 3.03. The molecule has 1 aliphatic carbocycles. The Bertz CT molecular complexity index is 430. The molecule has 0 atom stereocenters. The summed E-state index contributed by atoms with van der Waals surface area (Å²) < 4.78 is 0. The van der Waals surface area contributed by atoms with E-state index in [2.05, 4.69) is 0 Å². The number of ketones is 2. The average Bonchev–Trinajstić information content (AvgIpc) is 2.24. The van der Waals surface area contributed by atoms with Crippen molar-refractivity contribution < 1.29 is 9.59 Å². The summed E-state index contributed by atoms with van der Waals surface area (Å²) in [7, 11) is 0. The molecule has 1 aromatic carbocycles. The van der Waals surface area contributed by atoms with Gasteiger partial charge in [0.05, 0.1) is 0 Å². The normalized spacial score (nSPS) is 19.6. The van der Waals surface area contributed by atoms with Gasteiger partial charge in [0.1, 0.15) is 5.78 Å². The average molecular weight is 202 g/mol. The largest absolute Gasteiger partial charge is 0.299 e. The summed E-state index contributed by atoms with van der Waals surface area (Å²) in [5, 5.41) is 0. The maximum Gasteiger partial charge on any atom is 0.164 e. The molecule has 0 saturated carbocycles. The Kier molecular flexibility index (Phi) is 2.22. The zero-order chi connectivity index (χ0) is 11.1. The van der Waals surface area contributed by atoms with Gasteiger partial charge >= 0.3 is 0 Å². The summed E-state index contributed by atoms with van der Waals surface area (Å²) in [6.45, 7) is 3.69. The number of Topliss-reactive ketones (excluding diaryl/α,β-unsaturated/α-hetero) is 2. The van der Waals surface area contributed by atoms with Gasteiger partial charge in [-0.15, -0.1) is 0 Å². The molecule has 1 aromatic rings. The molecule has 0 bridgehead atoms. The van der Waals surface area contributed by atoms with E-state index in [1.165, 1.54) is 0 Å². The van der Waals surface area contributed by atoms with Crippen LogP contribution in [-0.4, -0.2) is 11.6 Å². The Morgan fingerprint density at radius 1 is 1.13 bits per heavy atom. The van der Waals surface area contributed by atoms with Gasteiger partial charge in [-0.25, -0.2) is 0 Å². The van der Waals surface area contributed by atoms with E-state index >= 15 is 0 Å². The van der Waals surface area contributed by atoms with Crippen LogP contribution in [0.4, 0.5) is 0 Å². The Morgan fingerprint density at radius 3 is 2.53 bits per heavy atom. The molecular formula is C13H14O2. The lowest BCUT2D eigenvalue weighted by Gasteiger charge is -2.18. The zero-order valence-electron chi connectivity index (χ0n) is 9.04. The Balaban J connectivity index is 2.51. The van der Waals surface area contributed by atoms with Crippen LogP contribution in [0.15, 0.2) is 24.3 Å². The van der Waals surface area contributed by atoms with Crippen LogP contribution in [-0.2, 0) is 11.2 Å². The topological polar surface area (TPSA) is 34.1 Å². The van der Waals surface area contributed by atoms with Gasteiger partial charge in [0.25, 0.3) is 0 Å². The Morgan fingerprint density at radius 2 is 1.80 bits per heavy atom. The fourth-order valence-electron chi connectivity index (χ4n) is 1.95. The summed E-state index contributed by atoms with van der Waals surface area (Å²) in [5.41, 5.74) is 1.07. The van der Waals surface area contributed by atoms with Crippen LogP contribution >= 0.6 is 0 Å². The molecule has 0 heterocycles. The van der Waals surface area contributed by atoms with Gasteiger partial charge in [-0.1, -0.05) is 38.1 Å². The molecular weight excluding hydrogens is 188 g/mol. The van der Waals surface area contributed by atoms with Crippen molar-refractivity contribution in [2.45, 2.75) is 26.7 Å². The molecule has 0 aliphatic heterocycles. The second kappa shape index (κ2) is 3.30. The number of carbonyl (C=O) groups excluding carboxylic acids is 2. The lowest BCUT2D eigenvalue weighted by molar-refractivity contribution is -0.126. The predicted molar refractivity (Wildman–Crippen MR) is 57.9 cm³/mol. The highest BCUT2D eigenvalue weighted by molar-refractivity contribution is 6.04. The number of carbonyl (C=O) groups is 2. The van der Waals surface area contributed by atoms with Crippen molar-refractivity contribution in [3.05, 3.63) is 35.4 Å². The highest BCUT2D eigenvalue weighted by Crippen LogP contribution is 2.30. The second-order valence-electron chi connectivity index (χ2n) is 4.74. The van der Waals surface area contributed by atoms with E-state index in [1.54, 1.807) is 0 Å². The number of hydrogen-bond donors (Lipinski definition) is 0. The molecule has 0 amide bonds. The summed E-state index contributed by atoms with van der Waals surface area (Å²) in [5.74, 6) is 0.238. The molecule has 1 aliphatic rings. The molecule has 0 N–H and O–H groups in total. The van der Waals surface area contributed by atoms with E-state index in [0.717, 1.165) is 11.1 Å². The molecule has 0 fully saturated rings. The summed E-state index contributed by atoms with van der Waals surface area (Å²) in [6, 6.07) is 7.40. The second-order valence-corrected chi connectivity index (χ2v) is 4.74. The number of fused-ring (bicyclic) bond motifs is 1. The number of rotatable bonds is 0. The summed E-state index contributed by atoms with van der Waals surface area (Å²) >= 11 is 0. The van der Waals surface area contributed by atoms with E-state index in [9.17, 15) is 9.59 Å². The van der Waals surface area contributed by atoms with Gasteiger partial charge in [0, 0.05) is 23.8 Å². The fraction of sp³-hybridized carbons (Fsp3) is 0.385. The molecule has 15 heavy (non-hydrogen) atoms. The molecule has 2 nitrogen and oxygen atoms in total. The summed E-state index contributed by atoms with van der Waals surface area (Å²) in [4.78, 5) is 23.8. The highest BCUT2D eigenvalue weighted by atomic mass is 16.1. The van der Waals surface area contributed by atoms with Crippen LogP contribution in [0.2, 0.25) is 0 Å². The van der Waals surface area contributed by atoms with Gasteiger partial charge in [0.15, 0.2) is 5.78 Å². The van der Waals surface area contributed by atoms with Gasteiger partial charge in [0.2, 0.25) is 0 Å². The van der Waals surface area contributed by atoms with E-state index in [1.807, 2.05) is 38.1 Å². The van der Waals surface area contributed by atoms with Crippen molar-refractivity contribution in [3.8, 4) is 0 Å². The van der Waals surface area contributed by atoms with Crippen LogP contribution in [0.5, 0.6) is 0 Å². The first kappa shape index (κ1) is 10.1. The molecule has 0 unspecified atom stereocenters. The fourth-order valence-corrected chi connectivity index (χ4v) is 1.95. The quantitative estimate of drug-likeness (QED) is 0.605. The summed E-state index contributed by atoms with van der Waals surface area (Å²) in [6.07, 6.45) is 0.706. The van der Waals surface area contributed by atoms with E-state index < -0.39 is 5.41 Å². The van der Waals surface area contributed by atoms with Crippen molar-refractivity contribution in [1.82, 2.24) is 0 Å². The Labute approximate surface area is 89.3 Å². The molecule has 0 aromatic heterocycles. The van der Waals surface area contributed by atoms with Crippen LogP contribution < -0.4 is 0 Å². The molecule has 2 rings (SSSR count). The number of hydrogen-bond acceptors (Lipinski definition) is 2. The van der Waals surface area contributed by atoms with E-state index in [0.29, 0.717) is 12.8 Å². The maximum atomic E-state index is 11.9. The van der Waals surface area contributed by atoms with Crippen LogP contribution in [0, 0.1) is 5.41 Å². The first-order valence-electron chi connectivity index (χ1n) is 5.15. The maximum absolute atomic E-state index is 11.9. The van der Waals surface area contributed by atoms with Crippen molar-refractivity contribution in [2.75, 3.05) is 0 Å². The zero-order valence-corrected chi connectivity index (χ0v) is 9.04. The molecule has 0 saturated heterocycles. The number of benzene rings is 1. The SMILES string of the molecule is CC1(C)CC(=O)c2ccccc2CC1=O. The van der Waals surface area contributed by atoms with Crippen LogP contribution in [0.1, 0.15) is 36.2 Å². The smallest absolute Gasteiger partial charge is 0.164 e. The van der Waals surface area contributed by atoms with E-state index in [4.69, 9.17) is 0 Å². The van der Waals surface area contributed by atoms with Crippen molar-refractivity contribution in [1.29, 1.82) is 0 Å². The van der Waals surface area contributed by atoms with Crippen LogP contribution in [0.3, 0.4) is 0 Å². The van der Waals surface area contributed by atoms with Crippen molar-refractivity contribution in [3.63, 3.8) is 0 Å². The lowest BCUT2D eigenvalue weighted by Crippen LogP contribution is -2.25. The molecule has 0 radical (unpaired) electrons. The minimum Gasteiger partial charge on any atom is -0.299 e. The van der Waals surface area contributed by atoms with Crippen molar-refractivity contribution >= 4 is 11.6 Å². The standard InChI is InChI=1S/C13H14O2/c1-13(2)8-11(14)10-6-4-3-5-9(10)7-12(13)15/h3-6H,7-8H2,1-2H3. The minimum absolute atomic E-state index is 0.0847. The Hall–Kier alpha value is -1.44. The first-order chi connectivity index (χ1) is 7.00. The predicted octanol–water partition coefficient (Wildman–Crippen LogP) is 2.41. The van der Waals surface area contributed by atoms with Gasteiger partial charge in [-0.05, 0) is 5.56 Å². The van der Waals surface area contributed by atoms with Gasteiger partial charge < -0.3 is 0 Å². The first-order valence-corrected chi connectivity index (χ1v) is 5.15. The van der Waals surface area contributed by atoms with Gasteiger partial charge in [-0.3, -0.25) is 9.59 Å². The van der Waals surface area contributed by atoms with Crippen molar-refractivity contribution in [2.24, 2.45) is 5.41 Å². The van der Waals surface area contributed by atoms with Crippen LogP contribution in [0.25, 0.3) is 0 Å². The molecule has 2 heteroatoms. The van der Waals surface area contributed by atoms with E-state index in [-0.39, 0.29) is 11.6 Å². The monoisotopic (exact) mass is 202 g/mol.